The Morgan fingerprint density at radius 1 is 1.19 bits per heavy atom. The molecule has 1 aliphatic heterocycles. The number of amides is 1. The van der Waals surface area contributed by atoms with Crippen LogP contribution in [0.15, 0.2) is 36.5 Å². The molecule has 0 aliphatic carbocycles. The molecule has 0 saturated carbocycles. The van der Waals surface area contributed by atoms with Crippen molar-refractivity contribution in [3.05, 3.63) is 47.4 Å². The Kier molecular flexibility index (Phi) is 4.01. The van der Waals surface area contributed by atoms with Crippen molar-refractivity contribution in [2.45, 2.75) is 12.8 Å². The van der Waals surface area contributed by atoms with Gasteiger partial charge in [0.25, 0.3) is 5.91 Å². The van der Waals surface area contributed by atoms with E-state index in [0.717, 1.165) is 18.9 Å². The summed E-state index contributed by atoms with van der Waals surface area (Å²) in [6.07, 6.45) is 4.08. The molecule has 0 spiro atoms. The second-order valence-electron chi connectivity index (χ2n) is 4.90. The van der Waals surface area contributed by atoms with E-state index in [-0.39, 0.29) is 11.6 Å². The number of nitrogens with zero attached hydrogens (tertiary/aromatic N) is 3. The maximum Gasteiger partial charge on any atom is 0.274 e. The van der Waals surface area contributed by atoms with Crippen molar-refractivity contribution in [2.75, 3.05) is 23.3 Å². The van der Waals surface area contributed by atoms with E-state index in [1.165, 1.54) is 12.8 Å². The van der Waals surface area contributed by atoms with Gasteiger partial charge in [0.2, 0.25) is 0 Å². The Labute approximate surface area is 128 Å². The topological polar surface area (TPSA) is 58.1 Å². The van der Waals surface area contributed by atoms with E-state index in [1.54, 1.807) is 24.4 Å². The summed E-state index contributed by atoms with van der Waals surface area (Å²) < 4.78 is 0. The van der Waals surface area contributed by atoms with Crippen molar-refractivity contribution in [1.82, 2.24) is 9.97 Å². The molecule has 0 aromatic carbocycles. The molecule has 3 rings (SSSR count). The van der Waals surface area contributed by atoms with Crippen LogP contribution < -0.4 is 10.2 Å². The number of halogens is 1. The van der Waals surface area contributed by atoms with Gasteiger partial charge in [-0.25, -0.2) is 9.97 Å². The summed E-state index contributed by atoms with van der Waals surface area (Å²) in [6, 6.07) is 8.71. The lowest BCUT2D eigenvalue weighted by molar-refractivity contribution is 0.102. The van der Waals surface area contributed by atoms with E-state index in [0.29, 0.717) is 10.8 Å². The third kappa shape index (κ3) is 3.31. The molecule has 1 fully saturated rings. The lowest BCUT2D eigenvalue weighted by atomic mass is 10.3. The molecule has 3 heterocycles. The fraction of sp³-hybridized carbons (Fsp3) is 0.267. The van der Waals surface area contributed by atoms with Crippen LogP contribution in [0.3, 0.4) is 0 Å². The van der Waals surface area contributed by atoms with E-state index in [9.17, 15) is 4.79 Å². The molecule has 21 heavy (non-hydrogen) atoms. The van der Waals surface area contributed by atoms with Crippen LogP contribution in [0.4, 0.5) is 11.5 Å². The minimum Gasteiger partial charge on any atom is -0.357 e. The van der Waals surface area contributed by atoms with E-state index in [4.69, 9.17) is 11.6 Å². The molecule has 0 atom stereocenters. The highest BCUT2D eigenvalue weighted by Gasteiger charge is 2.13. The molecule has 0 bridgehead atoms. The number of carbonyl (C=O) groups is 1. The van der Waals surface area contributed by atoms with Gasteiger partial charge in [-0.15, -0.1) is 0 Å². The third-order valence-electron chi connectivity index (χ3n) is 3.38. The van der Waals surface area contributed by atoms with E-state index in [2.05, 4.69) is 20.2 Å². The van der Waals surface area contributed by atoms with Crippen molar-refractivity contribution in [3.63, 3.8) is 0 Å². The maximum absolute atomic E-state index is 12.0. The molecule has 6 heteroatoms. The molecule has 108 valence electrons. The fourth-order valence-electron chi connectivity index (χ4n) is 2.32. The van der Waals surface area contributed by atoms with Crippen LogP contribution in [0, 0.1) is 0 Å². The summed E-state index contributed by atoms with van der Waals surface area (Å²) in [6.45, 7) is 2.09. The number of rotatable bonds is 3. The van der Waals surface area contributed by atoms with Crippen LogP contribution in [0.5, 0.6) is 0 Å². The molecule has 1 aliphatic rings. The predicted molar refractivity (Wildman–Crippen MR) is 82.9 cm³/mol. The fourth-order valence-corrected chi connectivity index (χ4v) is 2.49. The van der Waals surface area contributed by atoms with E-state index in [1.807, 2.05) is 12.1 Å². The van der Waals surface area contributed by atoms with Crippen molar-refractivity contribution in [1.29, 1.82) is 0 Å². The van der Waals surface area contributed by atoms with Gasteiger partial charge in [0.1, 0.15) is 16.7 Å². The van der Waals surface area contributed by atoms with Gasteiger partial charge >= 0.3 is 0 Å². The van der Waals surface area contributed by atoms with Crippen LogP contribution in [-0.2, 0) is 0 Å². The number of pyridine rings is 2. The zero-order valence-corrected chi connectivity index (χ0v) is 12.2. The zero-order chi connectivity index (χ0) is 14.7. The lowest BCUT2D eigenvalue weighted by Gasteiger charge is -2.16. The molecular formula is C15H15ClN4O. The Balaban J connectivity index is 1.68. The van der Waals surface area contributed by atoms with E-state index >= 15 is 0 Å². The van der Waals surface area contributed by atoms with E-state index < -0.39 is 0 Å². The van der Waals surface area contributed by atoms with Crippen molar-refractivity contribution in [3.8, 4) is 0 Å². The van der Waals surface area contributed by atoms with Gasteiger partial charge in [0.05, 0.1) is 11.9 Å². The number of nitrogens with one attached hydrogen (secondary N) is 1. The molecule has 5 nitrogen and oxygen atoms in total. The average molecular weight is 303 g/mol. The third-order valence-corrected chi connectivity index (χ3v) is 3.59. The average Bonchev–Trinajstić information content (AvgIpc) is 3.02. The summed E-state index contributed by atoms with van der Waals surface area (Å²) >= 11 is 5.78. The SMILES string of the molecule is O=C(Nc1ccc(N2CCCC2)nc1)c1cccc(Cl)n1. The highest BCUT2D eigenvalue weighted by Crippen LogP contribution is 2.19. The first-order valence-corrected chi connectivity index (χ1v) is 7.25. The van der Waals surface area contributed by atoms with Crippen LogP contribution in [-0.4, -0.2) is 29.0 Å². The second-order valence-corrected chi connectivity index (χ2v) is 5.29. The summed E-state index contributed by atoms with van der Waals surface area (Å²) in [5.74, 6) is 0.652. The molecule has 2 aromatic heterocycles. The molecule has 0 unspecified atom stereocenters. The Morgan fingerprint density at radius 3 is 2.67 bits per heavy atom. The standard InChI is InChI=1S/C15H15ClN4O/c16-13-5-3-4-12(19-13)15(21)18-11-6-7-14(17-10-11)20-8-1-2-9-20/h3-7,10H,1-2,8-9H2,(H,18,21). The quantitative estimate of drug-likeness (QED) is 0.886. The lowest BCUT2D eigenvalue weighted by Crippen LogP contribution is -2.19. The first kappa shape index (κ1) is 13.8. The summed E-state index contributed by atoms with van der Waals surface area (Å²) in [4.78, 5) is 22.6. The number of carbonyl (C=O) groups excluding carboxylic acids is 1. The van der Waals surface area contributed by atoms with Crippen molar-refractivity contribution in [2.24, 2.45) is 0 Å². The minimum atomic E-state index is -0.298. The maximum atomic E-state index is 12.0. The number of hydrogen-bond acceptors (Lipinski definition) is 4. The van der Waals surface area contributed by atoms with Gasteiger partial charge in [-0.2, -0.15) is 0 Å². The van der Waals surface area contributed by atoms with Crippen molar-refractivity contribution >= 4 is 29.0 Å². The molecule has 1 N–H and O–H groups in total. The summed E-state index contributed by atoms with van der Waals surface area (Å²) in [5.41, 5.74) is 0.927. The van der Waals surface area contributed by atoms with Gasteiger partial charge in [-0.3, -0.25) is 4.79 Å². The Bertz CT molecular complexity index is 638. The number of aromatic nitrogens is 2. The molecular weight excluding hydrogens is 288 g/mol. The van der Waals surface area contributed by atoms with Crippen molar-refractivity contribution < 1.29 is 4.79 Å². The van der Waals surface area contributed by atoms with Crippen LogP contribution in [0.1, 0.15) is 23.3 Å². The second kappa shape index (κ2) is 6.10. The van der Waals surface area contributed by atoms with Gasteiger partial charge in [-0.05, 0) is 37.1 Å². The van der Waals surface area contributed by atoms with Crippen LogP contribution in [0.2, 0.25) is 5.15 Å². The summed E-state index contributed by atoms with van der Waals surface area (Å²) in [7, 11) is 0. The van der Waals surface area contributed by atoms with Gasteiger partial charge in [-0.1, -0.05) is 17.7 Å². The molecule has 2 aromatic rings. The van der Waals surface area contributed by atoms with Crippen LogP contribution in [0.25, 0.3) is 0 Å². The molecule has 0 radical (unpaired) electrons. The number of anilines is 2. The van der Waals surface area contributed by atoms with Crippen LogP contribution >= 0.6 is 11.6 Å². The normalized spacial score (nSPS) is 14.2. The number of hydrogen-bond donors (Lipinski definition) is 1. The molecule has 1 saturated heterocycles. The van der Waals surface area contributed by atoms with Gasteiger partial charge in [0, 0.05) is 13.1 Å². The predicted octanol–water partition coefficient (Wildman–Crippen LogP) is 2.98. The highest BCUT2D eigenvalue weighted by molar-refractivity contribution is 6.29. The minimum absolute atomic E-state index is 0.283. The Morgan fingerprint density at radius 2 is 2.00 bits per heavy atom. The zero-order valence-electron chi connectivity index (χ0n) is 11.4. The monoisotopic (exact) mass is 302 g/mol. The largest absolute Gasteiger partial charge is 0.357 e. The van der Waals surface area contributed by atoms with Gasteiger partial charge < -0.3 is 10.2 Å². The molecule has 1 amide bonds. The van der Waals surface area contributed by atoms with Gasteiger partial charge in [0.15, 0.2) is 0 Å². The Hall–Kier alpha value is -2.14. The first-order valence-electron chi connectivity index (χ1n) is 6.87. The first-order chi connectivity index (χ1) is 10.2. The highest BCUT2D eigenvalue weighted by atomic mass is 35.5. The summed E-state index contributed by atoms with van der Waals surface area (Å²) in [5, 5.41) is 3.06. The smallest absolute Gasteiger partial charge is 0.274 e.